The van der Waals surface area contributed by atoms with Gasteiger partial charge in [-0.1, -0.05) is 0 Å². The summed E-state index contributed by atoms with van der Waals surface area (Å²) in [6.45, 7) is 2.60. The molecular formula is C16H23N5O4S. The molecule has 2 atom stereocenters. The van der Waals surface area contributed by atoms with Crippen molar-refractivity contribution in [2.24, 2.45) is 5.92 Å². The van der Waals surface area contributed by atoms with Gasteiger partial charge in [-0.25, -0.2) is 13.4 Å². The molecule has 0 radical (unpaired) electrons. The van der Waals surface area contributed by atoms with E-state index in [4.69, 9.17) is 0 Å². The van der Waals surface area contributed by atoms with Crippen molar-refractivity contribution >= 4 is 21.7 Å². The van der Waals surface area contributed by atoms with Gasteiger partial charge in [0.1, 0.15) is 5.82 Å². The van der Waals surface area contributed by atoms with Crippen molar-refractivity contribution in [1.29, 1.82) is 0 Å². The van der Waals surface area contributed by atoms with Gasteiger partial charge in [-0.05, 0) is 19.8 Å². The van der Waals surface area contributed by atoms with Gasteiger partial charge in [-0.15, -0.1) is 0 Å². The fourth-order valence-corrected chi connectivity index (χ4v) is 5.95. The lowest BCUT2D eigenvalue weighted by atomic mass is 10.0. The number of rotatable bonds is 4. The van der Waals surface area contributed by atoms with Crippen LogP contribution in [0.4, 0.5) is 0 Å². The molecule has 4 rings (SSSR count). The Morgan fingerprint density at radius 2 is 1.81 bits per heavy atom. The Bertz CT molecular complexity index is 831. The predicted molar refractivity (Wildman–Crippen MR) is 91.8 cm³/mol. The minimum absolute atomic E-state index is 0.0416. The largest absolute Gasteiger partial charge is 0.335 e. The molecule has 142 valence electrons. The first-order chi connectivity index (χ1) is 12.3. The number of nitrogens with one attached hydrogen (secondary N) is 1. The van der Waals surface area contributed by atoms with Gasteiger partial charge >= 0.3 is 0 Å². The van der Waals surface area contributed by atoms with E-state index in [9.17, 15) is 18.0 Å². The molecule has 0 aromatic carbocycles. The zero-order valence-electron chi connectivity index (χ0n) is 14.7. The van der Waals surface area contributed by atoms with Crippen LogP contribution in [0.3, 0.4) is 0 Å². The highest BCUT2D eigenvalue weighted by atomic mass is 32.2. The second kappa shape index (κ2) is 6.33. The van der Waals surface area contributed by atoms with Crippen LogP contribution in [0.15, 0.2) is 0 Å². The van der Waals surface area contributed by atoms with Gasteiger partial charge in [-0.3, -0.25) is 14.7 Å². The van der Waals surface area contributed by atoms with E-state index in [0.29, 0.717) is 31.2 Å². The fourth-order valence-electron chi connectivity index (χ4n) is 3.96. The summed E-state index contributed by atoms with van der Waals surface area (Å²) in [5, 5.41) is 6.77. The number of hydrogen-bond donors (Lipinski definition) is 1. The molecule has 2 saturated heterocycles. The first-order valence-corrected chi connectivity index (χ1v) is 10.8. The Labute approximate surface area is 152 Å². The van der Waals surface area contributed by atoms with E-state index in [-0.39, 0.29) is 35.7 Å². The van der Waals surface area contributed by atoms with Crippen LogP contribution in [0.1, 0.15) is 30.9 Å². The van der Waals surface area contributed by atoms with Crippen molar-refractivity contribution in [3.05, 3.63) is 11.6 Å². The highest BCUT2D eigenvalue weighted by molar-refractivity contribution is 7.91. The van der Waals surface area contributed by atoms with Crippen LogP contribution < -0.4 is 0 Å². The first kappa shape index (κ1) is 17.4. The van der Waals surface area contributed by atoms with Crippen molar-refractivity contribution in [2.45, 2.75) is 44.7 Å². The second-order valence-electron chi connectivity index (χ2n) is 7.44. The number of piperazine rings is 1. The van der Waals surface area contributed by atoms with E-state index in [1.165, 1.54) is 0 Å². The van der Waals surface area contributed by atoms with Crippen molar-refractivity contribution in [3.8, 4) is 0 Å². The van der Waals surface area contributed by atoms with Crippen LogP contribution >= 0.6 is 0 Å². The Morgan fingerprint density at radius 1 is 1.15 bits per heavy atom. The van der Waals surface area contributed by atoms with E-state index >= 15 is 0 Å². The van der Waals surface area contributed by atoms with Gasteiger partial charge in [0.2, 0.25) is 11.8 Å². The summed E-state index contributed by atoms with van der Waals surface area (Å²) >= 11 is 0. The van der Waals surface area contributed by atoms with E-state index in [1.807, 2.05) is 0 Å². The van der Waals surface area contributed by atoms with Gasteiger partial charge in [0.05, 0.1) is 23.6 Å². The summed E-state index contributed by atoms with van der Waals surface area (Å²) in [5.41, 5.74) is 0. The zero-order chi connectivity index (χ0) is 18.5. The maximum absolute atomic E-state index is 12.7. The van der Waals surface area contributed by atoms with Gasteiger partial charge in [0.15, 0.2) is 15.7 Å². The summed E-state index contributed by atoms with van der Waals surface area (Å²) in [7, 11) is -3.25. The third-order valence-electron chi connectivity index (χ3n) is 5.41. The lowest BCUT2D eigenvalue weighted by Crippen LogP contribution is -2.62. The van der Waals surface area contributed by atoms with Crippen molar-refractivity contribution in [3.63, 3.8) is 0 Å². The summed E-state index contributed by atoms with van der Waals surface area (Å²) in [4.78, 5) is 32.8. The number of fused-ring (bicyclic) bond motifs is 1. The summed E-state index contributed by atoms with van der Waals surface area (Å²) in [6, 6.07) is -0.839. The number of H-pyrrole nitrogens is 1. The monoisotopic (exact) mass is 381 g/mol. The van der Waals surface area contributed by atoms with E-state index < -0.39 is 21.9 Å². The smallest absolute Gasteiger partial charge is 0.226 e. The topological polar surface area (TPSA) is 116 Å². The Morgan fingerprint density at radius 3 is 2.42 bits per heavy atom. The molecule has 0 bridgehead atoms. The predicted octanol–water partition coefficient (Wildman–Crippen LogP) is -0.708. The SMILES string of the molecule is Cc1nc(CCC(=O)N2CCN(C(=O)C3CC3)[C@@H]3CS(=O)(=O)C[C@@H]32)n[nH]1. The fraction of sp³-hybridized carbons (Fsp3) is 0.750. The van der Waals surface area contributed by atoms with Crippen LogP contribution in [0, 0.1) is 12.8 Å². The molecule has 3 fully saturated rings. The molecule has 0 unspecified atom stereocenters. The normalized spacial score (nSPS) is 27.4. The number of aromatic amines is 1. The Kier molecular flexibility index (Phi) is 4.25. The maximum atomic E-state index is 12.7. The highest BCUT2D eigenvalue weighted by Crippen LogP contribution is 2.35. The lowest BCUT2D eigenvalue weighted by molar-refractivity contribution is -0.146. The molecule has 1 aromatic rings. The van der Waals surface area contributed by atoms with E-state index in [0.717, 1.165) is 12.8 Å². The molecule has 1 saturated carbocycles. The number of aromatic nitrogens is 3. The molecule has 3 aliphatic rings. The number of amides is 2. The Balaban J connectivity index is 1.47. The average Bonchev–Trinajstić information content (AvgIpc) is 3.27. The van der Waals surface area contributed by atoms with Gasteiger partial charge < -0.3 is 9.80 Å². The highest BCUT2D eigenvalue weighted by Gasteiger charge is 2.50. The Hall–Kier alpha value is -1.97. The third-order valence-corrected chi connectivity index (χ3v) is 7.11. The molecule has 2 amide bonds. The summed E-state index contributed by atoms with van der Waals surface area (Å²) in [6.07, 6.45) is 2.42. The lowest BCUT2D eigenvalue weighted by Gasteiger charge is -2.44. The third kappa shape index (κ3) is 3.34. The zero-order valence-corrected chi connectivity index (χ0v) is 15.5. The van der Waals surface area contributed by atoms with E-state index in [1.54, 1.807) is 16.7 Å². The molecule has 9 nitrogen and oxygen atoms in total. The molecule has 0 spiro atoms. The van der Waals surface area contributed by atoms with Crippen LogP contribution in [0.5, 0.6) is 0 Å². The quantitative estimate of drug-likeness (QED) is 0.737. The average molecular weight is 381 g/mol. The summed E-state index contributed by atoms with van der Waals surface area (Å²) in [5.74, 6) is 1.18. The van der Waals surface area contributed by atoms with Gasteiger partial charge in [0.25, 0.3) is 0 Å². The van der Waals surface area contributed by atoms with Crippen LogP contribution in [0.25, 0.3) is 0 Å². The molecule has 26 heavy (non-hydrogen) atoms. The van der Waals surface area contributed by atoms with E-state index in [2.05, 4.69) is 15.2 Å². The van der Waals surface area contributed by atoms with Crippen LogP contribution in [0.2, 0.25) is 0 Å². The van der Waals surface area contributed by atoms with Crippen molar-refractivity contribution in [2.75, 3.05) is 24.6 Å². The second-order valence-corrected chi connectivity index (χ2v) is 9.60. The van der Waals surface area contributed by atoms with Crippen molar-refractivity contribution < 1.29 is 18.0 Å². The van der Waals surface area contributed by atoms with Gasteiger partial charge in [0, 0.05) is 31.8 Å². The number of aryl methyl sites for hydroxylation is 2. The van der Waals surface area contributed by atoms with Crippen LogP contribution in [-0.2, 0) is 25.8 Å². The molecule has 1 aromatic heterocycles. The minimum Gasteiger partial charge on any atom is -0.335 e. The van der Waals surface area contributed by atoms with Crippen molar-refractivity contribution in [1.82, 2.24) is 25.0 Å². The molecule has 10 heteroatoms. The minimum atomic E-state index is -3.25. The molecular weight excluding hydrogens is 358 g/mol. The first-order valence-electron chi connectivity index (χ1n) is 9.02. The molecule has 3 heterocycles. The standard InChI is InChI=1S/C16H23N5O4S/c1-10-17-14(19-18-10)4-5-15(22)20-6-7-21(16(23)11-2-3-11)13-9-26(24,25)8-12(13)20/h11-13H,2-9H2,1H3,(H,17,18,19)/t12-,13+/m0/s1. The number of sulfone groups is 1. The molecule has 2 aliphatic heterocycles. The van der Waals surface area contributed by atoms with Gasteiger partial charge in [-0.2, -0.15) is 5.10 Å². The van der Waals surface area contributed by atoms with Crippen LogP contribution in [-0.4, -0.2) is 81.9 Å². The number of carbonyl (C=O) groups is 2. The number of nitrogens with zero attached hydrogens (tertiary/aromatic N) is 4. The number of hydrogen-bond acceptors (Lipinski definition) is 6. The molecule has 1 N–H and O–H groups in total. The summed E-state index contributed by atoms with van der Waals surface area (Å²) < 4.78 is 24.4. The maximum Gasteiger partial charge on any atom is 0.226 e. The molecule has 1 aliphatic carbocycles. The number of carbonyl (C=O) groups excluding carboxylic acids is 2.